The predicted molar refractivity (Wildman–Crippen MR) is 86.0 cm³/mol. The van der Waals surface area contributed by atoms with Crippen LogP contribution < -0.4 is 5.73 Å². The first kappa shape index (κ1) is 15.5. The van der Waals surface area contributed by atoms with Crippen molar-refractivity contribution < 1.29 is 4.74 Å². The van der Waals surface area contributed by atoms with Crippen molar-refractivity contribution in [2.75, 3.05) is 7.11 Å². The van der Waals surface area contributed by atoms with Crippen LogP contribution in [0.15, 0.2) is 35.2 Å². The second kappa shape index (κ2) is 6.72. The first-order valence-corrected chi connectivity index (χ1v) is 8.25. The minimum Gasteiger partial charge on any atom is -0.378 e. The van der Waals surface area contributed by atoms with Gasteiger partial charge in [0.25, 0.3) is 0 Å². The number of aromatic nitrogens is 1. The van der Waals surface area contributed by atoms with Gasteiger partial charge in [0.2, 0.25) is 0 Å². The Hall–Kier alpha value is -0.880. The molecule has 20 heavy (non-hydrogen) atoms. The molecule has 0 saturated heterocycles. The van der Waals surface area contributed by atoms with Crippen LogP contribution in [0.25, 0.3) is 0 Å². The summed E-state index contributed by atoms with van der Waals surface area (Å²) >= 11 is 3.48. The molecule has 108 valence electrons. The SMILES string of the molecule is COCc1nc(CSc2ccccc2)sc1C(C)(C)N. The zero-order valence-corrected chi connectivity index (χ0v) is 13.7. The molecular weight excluding hydrogens is 288 g/mol. The van der Waals surface area contributed by atoms with Crippen molar-refractivity contribution in [3.8, 4) is 0 Å². The lowest BCUT2D eigenvalue weighted by Gasteiger charge is -2.17. The van der Waals surface area contributed by atoms with Gasteiger partial charge >= 0.3 is 0 Å². The van der Waals surface area contributed by atoms with Crippen LogP contribution in [0.5, 0.6) is 0 Å². The maximum atomic E-state index is 6.22. The molecule has 0 saturated carbocycles. The fourth-order valence-corrected chi connectivity index (χ4v) is 3.86. The number of hydrogen-bond donors (Lipinski definition) is 1. The van der Waals surface area contributed by atoms with E-state index in [2.05, 4.69) is 29.2 Å². The third kappa shape index (κ3) is 4.06. The van der Waals surface area contributed by atoms with Crippen molar-refractivity contribution in [1.82, 2.24) is 4.98 Å². The Morgan fingerprint density at radius 2 is 2.00 bits per heavy atom. The van der Waals surface area contributed by atoms with Crippen molar-refractivity contribution in [2.24, 2.45) is 5.73 Å². The molecule has 0 fully saturated rings. The van der Waals surface area contributed by atoms with E-state index in [1.54, 1.807) is 30.2 Å². The Labute approximate surface area is 128 Å². The highest BCUT2D eigenvalue weighted by molar-refractivity contribution is 7.98. The van der Waals surface area contributed by atoms with Gasteiger partial charge in [-0.15, -0.1) is 23.1 Å². The number of nitrogens with zero attached hydrogens (tertiary/aromatic N) is 1. The molecule has 0 aliphatic carbocycles. The summed E-state index contributed by atoms with van der Waals surface area (Å²) in [6.07, 6.45) is 0. The van der Waals surface area contributed by atoms with Crippen LogP contribution in [-0.2, 0) is 22.6 Å². The summed E-state index contributed by atoms with van der Waals surface area (Å²) in [5.41, 5.74) is 6.81. The highest BCUT2D eigenvalue weighted by atomic mass is 32.2. The molecule has 0 aliphatic rings. The maximum Gasteiger partial charge on any atom is 0.104 e. The zero-order chi connectivity index (χ0) is 14.6. The molecule has 0 amide bonds. The van der Waals surface area contributed by atoms with E-state index < -0.39 is 0 Å². The van der Waals surface area contributed by atoms with Crippen LogP contribution in [0.1, 0.15) is 29.4 Å². The van der Waals surface area contributed by atoms with Crippen molar-refractivity contribution in [3.63, 3.8) is 0 Å². The first-order valence-electron chi connectivity index (χ1n) is 6.45. The molecule has 2 aromatic rings. The number of methoxy groups -OCH3 is 1. The third-order valence-corrected chi connectivity index (χ3v) is 5.36. The summed E-state index contributed by atoms with van der Waals surface area (Å²) in [6.45, 7) is 4.53. The van der Waals surface area contributed by atoms with E-state index in [0.29, 0.717) is 6.61 Å². The van der Waals surface area contributed by atoms with E-state index in [1.807, 2.05) is 19.9 Å². The molecular formula is C15H20N2OS2. The number of thiazole rings is 1. The van der Waals surface area contributed by atoms with Crippen LogP contribution in [0.4, 0.5) is 0 Å². The predicted octanol–water partition coefficient (Wildman–Crippen LogP) is 3.78. The van der Waals surface area contributed by atoms with Crippen molar-refractivity contribution in [1.29, 1.82) is 0 Å². The van der Waals surface area contributed by atoms with Crippen LogP contribution in [0, 0.1) is 0 Å². The molecule has 1 heterocycles. The van der Waals surface area contributed by atoms with Gasteiger partial charge in [-0.25, -0.2) is 4.98 Å². The number of ether oxygens (including phenoxy) is 1. The zero-order valence-electron chi connectivity index (χ0n) is 12.1. The molecule has 1 aromatic heterocycles. The Kier molecular flexibility index (Phi) is 5.21. The van der Waals surface area contributed by atoms with Gasteiger partial charge in [0.15, 0.2) is 0 Å². The van der Waals surface area contributed by atoms with E-state index in [0.717, 1.165) is 21.3 Å². The van der Waals surface area contributed by atoms with Crippen LogP contribution in [0.2, 0.25) is 0 Å². The second-order valence-electron chi connectivity index (χ2n) is 5.14. The molecule has 2 N–H and O–H groups in total. The molecule has 0 radical (unpaired) electrons. The first-order chi connectivity index (χ1) is 9.50. The van der Waals surface area contributed by atoms with Gasteiger partial charge in [-0.3, -0.25) is 0 Å². The largest absolute Gasteiger partial charge is 0.378 e. The van der Waals surface area contributed by atoms with E-state index in [1.165, 1.54) is 4.90 Å². The highest BCUT2D eigenvalue weighted by Gasteiger charge is 2.23. The summed E-state index contributed by atoms with van der Waals surface area (Å²) in [7, 11) is 1.69. The van der Waals surface area contributed by atoms with Gasteiger partial charge in [-0.1, -0.05) is 18.2 Å². The Balaban J connectivity index is 2.12. The van der Waals surface area contributed by atoms with Crippen molar-refractivity contribution in [2.45, 2.75) is 36.6 Å². The van der Waals surface area contributed by atoms with E-state index in [9.17, 15) is 0 Å². The molecule has 2 rings (SSSR count). The Morgan fingerprint density at radius 3 is 2.60 bits per heavy atom. The fourth-order valence-electron chi connectivity index (χ4n) is 1.86. The van der Waals surface area contributed by atoms with Crippen LogP contribution in [0.3, 0.4) is 0 Å². The number of benzene rings is 1. The fraction of sp³-hybridized carbons (Fsp3) is 0.400. The summed E-state index contributed by atoms with van der Waals surface area (Å²) in [5.74, 6) is 0.863. The van der Waals surface area contributed by atoms with Crippen molar-refractivity contribution in [3.05, 3.63) is 45.9 Å². The maximum absolute atomic E-state index is 6.22. The summed E-state index contributed by atoms with van der Waals surface area (Å²) in [5, 5.41) is 1.10. The van der Waals surface area contributed by atoms with Gasteiger partial charge in [0, 0.05) is 22.4 Å². The van der Waals surface area contributed by atoms with Gasteiger partial charge in [0.1, 0.15) is 5.01 Å². The van der Waals surface area contributed by atoms with Crippen molar-refractivity contribution >= 4 is 23.1 Å². The van der Waals surface area contributed by atoms with E-state index in [4.69, 9.17) is 10.5 Å². The molecule has 1 aromatic carbocycles. The summed E-state index contributed by atoms with van der Waals surface area (Å²) in [4.78, 5) is 7.04. The standard InChI is InChI=1S/C15H20N2OS2/c1-15(2,16)14-12(9-18-3)17-13(20-14)10-19-11-7-5-4-6-8-11/h4-8H,9-10,16H2,1-3H3. The Bertz CT molecular complexity index is 547. The number of hydrogen-bond acceptors (Lipinski definition) is 5. The summed E-state index contributed by atoms with van der Waals surface area (Å²) in [6, 6.07) is 10.4. The molecule has 5 heteroatoms. The average Bonchev–Trinajstić information content (AvgIpc) is 2.81. The minimum atomic E-state index is -0.374. The lowest BCUT2D eigenvalue weighted by atomic mass is 10.0. The molecule has 0 atom stereocenters. The quantitative estimate of drug-likeness (QED) is 0.825. The topological polar surface area (TPSA) is 48.1 Å². The number of nitrogens with two attached hydrogens (primary N) is 1. The average molecular weight is 308 g/mol. The van der Waals surface area contributed by atoms with Gasteiger partial charge < -0.3 is 10.5 Å². The molecule has 3 nitrogen and oxygen atoms in total. The Morgan fingerprint density at radius 1 is 1.30 bits per heavy atom. The molecule has 0 bridgehead atoms. The third-order valence-electron chi connectivity index (χ3n) is 2.71. The van der Waals surface area contributed by atoms with Gasteiger partial charge in [0.05, 0.1) is 18.1 Å². The van der Waals surface area contributed by atoms with Gasteiger partial charge in [-0.2, -0.15) is 0 Å². The monoisotopic (exact) mass is 308 g/mol. The van der Waals surface area contributed by atoms with E-state index >= 15 is 0 Å². The molecule has 0 spiro atoms. The molecule has 0 unspecified atom stereocenters. The molecule has 0 aliphatic heterocycles. The van der Waals surface area contributed by atoms with Crippen LogP contribution in [-0.4, -0.2) is 12.1 Å². The van der Waals surface area contributed by atoms with E-state index in [-0.39, 0.29) is 5.54 Å². The highest BCUT2D eigenvalue weighted by Crippen LogP contribution is 2.32. The smallest absolute Gasteiger partial charge is 0.104 e. The number of rotatable bonds is 6. The minimum absolute atomic E-state index is 0.374. The normalized spacial score (nSPS) is 11.8. The lowest BCUT2D eigenvalue weighted by molar-refractivity contribution is 0.180. The summed E-state index contributed by atoms with van der Waals surface area (Å²) < 4.78 is 5.22. The number of thioether (sulfide) groups is 1. The second-order valence-corrected chi connectivity index (χ2v) is 7.27. The van der Waals surface area contributed by atoms with Gasteiger partial charge in [-0.05, 0) is 26.0 Å². The lowest BCUT2D eigenvalue weighted by Crippen LogP contribution is -2.28. The van der Waals surface area contributed by atoms with Crippen LogP contribution >= 0.6 is 23.1 Å².